The van der Waals surface area contributed by atoms with Gasteiger partial charge >= 0.3 is 0 Å². The fourth-order valence-corrected chi connectivity index (χ4v) is 6.69. The predicted molar refractivity (Wildman–Crippen MR) is 111 cm³/mol. The van der Waals surface area contributed by atoms with Crippen molar-refractivity contribution in [1.29, 1.82) is 0 Å². The van der Waals surface area contributed by atoms with E-state index in [1.54, 1.807) is 0 Å². The van der Waals surface area contributed by atoms with Crippen molar-refractivity contribution in [1.82, 2.24) is 18.9 Å². The number of fused-ring (bicyclic) bond motifs is 1. The van der Waals surface area contributed by atoms with Gasteiger partial charge in [-0.1, -0.05) is 6.07 Å². The van der Waals surface area contributed by atoms with Gasteiger partial charge in [-0.05, 0) is 59.1 Å². The van der Waals surface area contributed by atoms with Crippen LogP contribution in [0.2, 0.25) is 0 Å². The SMILES string of the molecule is CS(=O)(=O)c1ccc(Br)c(S(=O)(=O)N2CCC(c3nnc4ccccn34)CC2)c1. The zero-order valence-electron chi connectivity index (χ0n) is 15.6. The molecule has 3 heterocycles. The molecule has 4 rings (SSSR count). The molecule has 0 spiro atoms. The minimum absolute atomic E-state index is 0.0240. The van der Waals surface area contributed by atoms with Crippen molar-refractivity contribution in [2.24, 2.45) is 0 Å². The van der Waals surface area contributed by atoms with E-state index in [4.69, 9.17) is 0 Å². The second kappa shape index (κ2) is 7.46. The van der Waals surface area contributed by atoms with Crippen molar-refractivity contribution in [3.8, 4) is 0 Å². The average Bonchev–Trinajstić information content (AvgIpc) is 3.11. The van der Waals surface area contributed by atoms with E-state index in [-0.39, 0.29) is 15.7 Å². The van der Waals surface area contributed by atoms with Crippen molar-refractivity contribution in [3.63, 3.8) is 0 Å². The Morgan fingerprint density at radius 1 is 1.03 bits per heavy atom. The van der Waals surface area contributed by atoms with E-state index < -0.39 is 19.9 Å². The van der Waals surface area contributed by atoms with Crippen LogP contribution >= 0.6 is 15.9 Å². The monoisotopic (exact) mass is 498 g/mol. The van der Waals surface area contributed by atoms with Gasteiger partial charge in [0.2, 0.25) is 10.0 Å². The normalized spacial score (nSPS) is 17.0. The Bertz CT molecular complexity index is 1280. The first-order chi connectivity index (χ1) is 13.7. The number of pyridine rings is 1. The molecular formula is C18H19BrN4O4S2. The van der Waals surface area contributed by atoms with Gasteiger partial charge in [-0.25, -0.2) is 16.8 Å². The highest BCUT2D eigenvalue weighted by molar-refractivity contribution is 9.10. The zero-order valence-corrected chi connectivity index (χ0v) is 18.8. The number of aromatic nitrogens is 3. The molecule has 0 saturated carbocycles. The first kappa shape index (κ1) is 20.5. The summed E-state index contributed by atoms with van der Waals surface area (Å²) in [6.07, 6.45) is 4.18. The smallest absolute Gasteiger partial charge is 0.244 e. The van der Waals surface area contributed by atoms with Crippen molar-refractivity contribution >= 4 is 41.4 Å². The lowest BCUT2D eigenvalue weighted by Gasteiger charge is -2.30. The largest absolute Gasteiger partial charge is 0.286 e. The molecular weight excluding hydrogens is 480 g/mol. The highest BCUT2D eigenvalue weighted by atomic mass is 79.9. The van der Waals surface area contributed by atoms with Crippen molar-refractivity contribution < 1.29 is 16.8 Å². The van der Waals surface area contributed by atoms with E-state index in [1.165, 1.54) is 22.5 Å². The van der Waals surface area contributed by atoms with E-state index in [2.05, 4.69) is 26.1 Å². The lowest BCUT2D eigenvalue weighted by atomic mass is 9.97. The highest BCUT2D eigenvalue weighted by Crippen LogP contribution is 2.33. The maximum atomic E-state index is 13.2. The molecule has 8 nitrogen and oxygen atoms in total. The molecule has 0 atom stereocenters. The summed E-state index contributed by atoms with van der Waals surface area (Å²) in [4.78, 5) is -0.0594. The van der Waals surface area contributed by atoms with Gasteiger partial charge in [0, 0.05) is 35.9 Å². The first-order valence-electron chi connectivity index (χ1n) is 8.97. The third-order valence-corrected chi connectivity index (χ3v) is 9.11. The third kappa shape index (κ3) is 3.83. The fraction of sp³-hybridized carbons (Fsp3) is 0.333. The minimum Gasteiger partial charge on any atom is -0.286 e. The van der Waals surface area contributed by atoms with Crippen LogP contribution in [0.25, 0.3) is 5.65 Å². The molecule has 1 aliphatic heterocycles. The molecule has 1 aromatic carbocycles. The number of nitrogens with zero attached hydrogens (tertiary/aromatic N) is 4. The molecule has 1 saturated heterocycles. The Labute approximate surface area is 177 Å². The number of hydrogen-bond acceptors (Lipinski definition) is 6. The van der Waals surface area contributed by atoms with Crippen LogP contribution in [0, 0.1) is 0 Å². The maximum Gasteiger partial charge on any atom is 0.244 e. The summed E-state index contributed by atoms with van der Waals surface area (Å²) < 4.78 is 53.7. The Morgan fingerprint density at radius 3 is 2.45 bits per heavy atom. The summed E-state index contributed by atoms with van der Waals surface area (Å²) >= 11 is 3.25. The van der Waals surface area contributed by atoms with Crippen molar-refractivity contribution in [2.45, 2.75) is 28.6 Å². The summed E-state index contributed by atoms with van der Waals surface area (Å²) in [7, 11) is -7.35. The first-order valence-corrected chi connectivity index (χ1v) is 13.1. The zero-order chi connectivity index (χ0) is 20.8. The van der Waals surface area contributed by atoms with E-state index in [0.717, 1.165) is 17.7 Å². The number of benzene rings is 1. The Balaban J connectivity index is 1.58. The molecule has 0 N–H and O–H groups in total. The molecule has 3 aromatic rings. The predicted octanol–water partition coefficient (Wildman–Crippen LogP) is 2.46. The van der Waals surface area contributed by atoms with Crippen LogP contribution in [0.4, 0.5) is 0 Å². The summed E-state index contributed by atoms with van der Waals surface area (Å²) in [6, 6.07) is 9.74. The Hall–Kier alpha value is -1.82. The molecule has 1 aliphatic rings. The van der Waals surface area contributed by atoms with Crippen LogP contribution in [-0.4, -0.2) is 55.1 Å². The average molecular weight is 499 g/mol. The number of rotatable bonds is 4. The van der Waals surface area contributed by atoms with Gasteiger partial charge < -0.3 is 0 Å². The maximum absolute atomic E-state index is 13.2. The molecule has 0 aliphatic carbocycles. The number of sulfonamides is 1. The summed E-state index contributed by atoms with van der Waals surface area (Å²) in [6.45, 7) is 0.647. The Kier molecular flexibility index (Phi) is 5.26. The van der Waals surface area contributed by atoms with Gasteiger partial charge in [0.1, 0.15) is 5.82 Å². The molecule has 0 bridgehead atoms. The summed E-state index contributed by atoms with van der Waals surface area (Å²) in [5.74, 6) is 0.933. The molecule has 29 heavy (non-hydrogen) atoms. The van der Waals surface area contributed by atoms with Crippen LogP contribution < -0.4 is 0 Å². The molecule has 2 aromatic heterocycles. The standard InChI is InChI=1S/C18H19BrN4O4S2/c1-28(24,25)14-5-6-15(19)16(12-14)29(26,27)22-10-7-13(8-11-22)18-21-20-17-4-2-3-9-23(17)18/h2-6,9,12-13H,7-8,10-11H2,1H3. The molecule has 0 radical (unpaired) electrons. The van der Waals surface area contributed by atoms with Gasteiger partial charge in [-0.15, -0.1) is 10.2 Å². The van der Waals surface area contributed by atoms with Gasteiger partial charge in [0.05, 0.1) is 9.79 Å². The Morgan fingerprint density at radius 2 is 1.76 bits per heavy atom. The highest BCUT2D eigenvalue weighted by Gasteiger charge is 2.33. The minimum atomic E-state index is -3.83. The number of sulfone groups is 1. The van der Waals surface area contributed by atoms with Gasteiger partial charge in [0.15, 0.2) is 15.5 Å². The lowest BCUT2D eigenvalue weighted by molar-refractivity contribution is 0.312. The molecule has 154 valence electrons. The summed E-state index contributed by atoms with van der Waals surface area (Å²) in [5, 5.41) is 8.46. The quantitative estimate of drug-likeness (QED) is 0.547. The number of hydrogen-bond donors (Lipinski definition) is 0. The van der Waals surface area contributed by atoms with Crippen LogP contribution in [0.1, 0.15) is 24.6 Å². The second-order valence-corrected chi connectivity index (χ2v) is 11.8. The van der Waals surface area contributed by atoms with Crippen molar-refractivity contribution in [2.75, 3.05) is 19.3 Å². The number of halogens is 1. The topological polar surface area (TPSA) is 102 Å². The van der Waals surface area contributed by atoms with Crippen LogP contribution in [-0.2, 0) is 19.9 Å². The molecule has 11 heteroatoms. The van der Waals surface area contributed by atoms with Crippen LogP contribution in [0.5, 0.6) is 0 Å². The lowest BCUT2D eigenvalue weighted by Crippen LogP contribution is -2.38. The number of piperidine rings is 1. The van der Waals surface area contributed by atoms with Crippen LogP contribution in [0.15, 0.2) is 56.9 Å². The molecule has 0 unspecified atom stereocenters. The molecule has 0 amide bonds. The van der Waals surface area contributed by atoms with Crippen LogP contribution in [0.3, 0.4) is 0 Å². The summed E-state index contributed by atoms with van der Waals surface area (Å²) in [5.41, 5.74) is 0.763. The van der Waals surface area contributed by atoms with E-state index >= 15 is 0 Å². The van der Waals surface area contributed by atoms with Gasteiger partial charge in [-0.3, -0.25) is 4.40 Å². The van der Waals surface area contributed by atoms with Gasteiger partial charge in [-0.2, -0.15) is 4.31 Å². The van der Waals surface area contributed by atoms with E-state index in [1.807, 2.05) is 28.8 Å². The third-order valence-electron chi connectivity index (χ3n) is 5.11. The second-order valence-electron chi connectivity index (χ2n) is 7.03. The molecule has 1 fully saturated rings. The fourth-order valence-electron chi connectivity index (χ4n) is 3.54. The van der Waals surface area contributed by atoms with Crippen molar-refractivity contribution in [3.05, 3.63) is 52.9 Å². The van der Waals surface area contributed by atoms with E-state index in [9.17, 15) is 16.8 Å². The van der Waals surface area contributed by atoms with E-state index in [0.29, 0.717) is 30.4 Å². The van der Waals surface area contributed by atoms with Gasteiger partial charge in [0.25, 0.3) is 0 Å².